The van der Waals surface area contributed by atoms with Crippen molar-refractivity contribution in [3.63, 3.8) is 0 Å². The number of aliphatic hydroxyl groups is 2. The van der Waals surface area contributed by atoms with Crippen LogP contribution in [0.15, 0.2) is 12.2 Å². The van der Waals surface area contributed by atoms with Crippen molar-refractivity contribution >= 4 is 0 Å². The van der Waals surface area contributed by atoms with E-state index in [4.69, 9.17) is 9.47 Å². The Morgan fingerprint density at radius 3 is 2.58 bits per heavy atom. The number of ether oxygens (including phenoxy) is 2. The summed E-state index contributed by atoms with van der Waals surface area (Å²) >= 11 is 0. The Hall–Kier alpha value is -0.860. The van der Waals surface area contributed by atoms with Crippen molar-refractivity contribution in [3.05, 3.63) is 12.2 Å². The molecule has 1 heterocycles. The van der Waals surface area contributed by atoms with Gasteiger partial charge in [-0.15, -0.1) is 11.8 Å². The lowest BCUT2D eigenvalue weighted by molar-refractivity contribution is -0.298. The fourth-order valence-corrected chi connectivity index (χ4v) is 4.68. The summed E-state index contributed by atoms with van der Waals surface area (Å²) in [5, 5.41) is 20.9. The Bertz CT molecular complexity index is 575. The van der Waals surface area contributed by atoms with Crippen LogP contribution in [0.3, 0.4) is 0 Å². The summed E-state index contributed by atoms with van der Waals surface area (Å²) in [4.78, 5) is 0. The van der Waals surface area contributed by atoms with Gasteiger partial charge in [-0.1, -0.05) is 32.9 Å². The van der Waals surface area contributed by atoms with Crippen LogP contribution < -0.4 is 0 Å². The second-order valence-electron chi connectivity index (χ2n) is 9.35. The quantitative estimate of drug-likeness (QED) is 0.596. The van der Waals surface area contributed by atoms with Crippen LogP contribution in [0, 0.1) is 40.9 Å². The molecule has 1 spiro atoms. The highest BCUT2D eigenvalue weighted by molar-refractivity contribution is 5.10. The molecule has 146 valence electrons. The van der Waals surface area contributed by atoms with E-state index in [1.807, 2.05) is 26.0 Å². The van der Waals surface area contributed by atoms with Gasteiger partial charge in [0.25, 0.3) is 0 Å². The Kier molecular flexibility index (Phi) is 5.84. The lowest BCUT2D eigenvalue weighted by Crippen LogP contribution is -2.46. The van der Waals surface area contributed by atoms with E-state index in [1.165, 1.54) is 0 Å². The molecule has 0 radical (unpaired) electrons. The fourth-order valence-electron chi connectivity index (χ4n) is 4.68. The molecule has 3 fully saturated rings. The molecule has 2 N–H and O–H groups in total. The number of fused-ring (bicyclic) bond motifs is 1. The molecule has 1 aliphatic heterocycles. The van der Waals surface area contributed by atoms with Gasteiger partial charge in [-0.05, 0) is 31.1 Å². The van der Waals surface area contributed by atoms with Gasteiger partial charge in [0.1, 0.15) is 0 Å². The Morgan fingerprint density at radius 1 is 1.23 bits per heavy atom. The van der Waals surface area contributed by atoms with Gasteiger partial charge >= 0.3 is 0 Å². The minimum absolute atomic E-state index is 0.0700. The highest BCUT2D eigenvalue weighted by Crippen LogP contribution is 2.55. The van der Waals surface area contributed by atoms with Gasteiger partial charge in [0.2, 0.25) is 0 Å². The molecular formula is C22H34O4. The SMILES string of the molecule is CC#CCC(C)[C@H](O)/C=C/[C@@H]1[C@H]2CC3(C[C@H]2C[C@H]1O)OCC(C)(C)CO3. The molecule has 0 aromatic carbocycles. The second kappa shape index (κ2) is 7.64. The van der Waals surface area contributed by atoms with Crippen LogP contribution in [0.1, 0.15) is 53.4 Å². The summed E-state index contributed by atoms with van der Waals surface area (Å²) in [6, 6.07) is 0. The van der Waals surface area contributed by atoms with E-state index in [9.17, 15) is 10.2 Å². The van der Waals surface area contributed by atoms with Crippen molar-refractivity contribution in [1.29, 1.82) is 0 Å². The van der Waals surface area contributed by atoms with E-state index in [0.717, 1.165) is 32.5 Å². The van der Waals surface area contributed by atoms with Gasteiger partial charge in [0.05, 0.1) is 25.4 Å². The van der Waals surface area contributed by atoms with Crippen LogP contribution >= 0.6 is 0 Å². The largest absolute Gasteiger partial charge is 0.392 e. The second-order valence-corrected chi connectivity index (χ2v) is 9.35. The van der Waals surface area contributed by atoms with Crippen LogP contribution in [0.25, 0.3) is 0 Å². The maximum atomic E-state index is 10.5. The first-order valence-corrected chi connectivity index (χ1v) is 9.97. The molecular weight excluding hydrogens is 328 g/mol. The normalized spacial score (nSPS) is 37.3. The lowest BCUT2D eigenvalue weighted by Gasteiger charge is -2.42. The standard InChI is InChI=1S/C22H34O4/c1-5-6-7-15(2)19(23)9-8-17-18-12-22(11-16(18)10-20(17)24)25-13-21(3,4)14-26-22/h8-9,15-20,23-24H,7,10-14H2,1-4H3/b9-8+/t15?,16-,17-,18+,19-,20-/m1/s1. The summed E-state index contributed by atoms with van der Waals surface area (Å²) in [6.45, 7) is 9.60. The molecule has 3 aliphatic rings. The zero-order valence-electron chi connectivity index (χ0n) is 16.6. The van der Waals surface area contributed by atoms with Crippen molar-refractivity contribution in [1.82, 2.24) is 0 Å². The van der Waals surface area contributed by atoms with Crippen LogP contribution in [0.5, 0.6) is 0 Å². The highest BCUT2D eigenvalue weighted by Gasteiger charge is 2.56. The molecule has 6 atom stereocenters. The molecule has 0 bridgehead atoms. The van der Waals surface area contributed by atoms with Crippen molar-refractivity contribution in [2.75, 3.05) is 13.2 Å². The van der Waals surface area contributed by atoms with Crippen molar-refractivity contribution < 1.29 is 19.7 Å². The van der Waals surface area contributed by atoms with Crippen LogP contribution in [-0.2, 0) is 9.47 Å². The molecule has 0 amide bonds. The van der Waals surface area contributed by atoms with E-state index in [-0.39, 0.29) is 23.4 Å². The van der Waals surface area contributed by atoms with Crippen LogP contribution in [0.2, 0.25) is 0 Å². The summed E-state index contributed by atoms with van der Waals surface area (Å²) in [5.74, 6) is 6.39. The monoisotopic (exact) mass is 362 g/mol. The van der Waals surface area contributed by atoms with Crippen molar-refractivity contribution in [2.24, 2.45) is 29.1 Å². The highest BCUT2D eigenvalue weighted by atomic mass is 16.7. The van der Waals surface area contributed by atoms with Gasteiger partial charge in [-0.3, -0.25) is 0 Å². The van der Waals surface area contributed by atoms with Gasteiger partial charge in [0, 0.05) is 30.6 Å². The molecule has 4 nitrogen and oxygen atoms in total. The van der Waals surface area contributed by atoms with Crippen LogP contribution in [-0.4, -0.2) is 41.4 Å². The molecule has 2 aliphatic carbocycles. The lowest BCUT2D eigenvalue weighted by atomic mass is 9.89. The first kappa shape index (κ1) is 19.9. The summed E-state index contributed by atoms with van der Waals surface area (Å²) in [7, 11) is 0. The maximum absolute atomic E-state index is 10.5. The molecule has 26 heavy (non-hydrogen) atoms. The molecule has 3 rings (SSSR count). The third-order valence-corrected chi connectivity index (χ3v) is 6.37. The average Bonchev–Trinajstić information content (AvgIpc) is 3.07. The average molecular weight is 363 g/mol. The first-order valence-electron chi connectivity index (χ1n) is 9.97. The van der Waals surface area contributed by atoms with E-state index in [1.54, 1.807) is 0 Å². The minimum Gasteiger partial charge on any atom is -0.392 e. The number of hydrogen-bond acceptors (Lipinski definition) is 4. The molecule has 1 unspecified atom stereocenters. The first-order chi connectivity index (χ1) is 12.3. The summed E-state index contributed by atoms with van der Waals surface area (Å²) < 4.78 is 12.4. The Morgan fingerprint density at radius 2 is 1.92 bits per heavy atom. The molecule has 0 aromatic heterocycles. The van der Waals surface area contributed by atoms with Gasteiger partial charge in [-0.25, -0.2) is 0 Å². The smallest absolute Gasteiger partial charge is 0.168 e. The zero-order valence-corrected chi connectivity index (χ0v) is 16.6. The predicted molar refractivity (Wildman–Crippen MR) is 101 cm³/mol. The van der Waals surface area contributed by atoms with E-state index in [0.29, 0.717) is 18.3 Å². The fraction of sp³-hybridized carbons (Fsp3) is 0.818. The summed E-state index contributed by atoms with van der Waals surface area (Å²) in [5.41, 5.74) is 0.0728. The minimum atomic E-state index is -0.527. The molecule has 2 saturated carbocycles. The van der Waals surface area contributed by atoms with E-state index < -0.39 is 11.9 Å². The summed E-state index contributed by atoms with van der Waals surface area (Å²) in [6.07, 6.45) is 6.22. The number of aliphatic hydroxyl groups excluding tert-OH is 2. The number of rotatable bonds is 4. The molecule has 4 heteroatoms. The van der Waals surface area contributed by atoms with Crippen molar-refractivity contribution in [3.8, 4) is 11.8 Å². The van der Waals surface area contributed by atoms with Gasteiger partial charge < -0.3 is 19.7 Å². The Labute approximate surface area is 158 Å². The van der Waals surface area contributed by atoms with Gasteiger partial charge in [-0.2, -0.15) is 0 Å². The molecule has 1 saturated heterocycles. The number of hydrogen-bond donors (Lipinski definition) is 2. The predicted octanol–water partition coefficient (Wildman–Crippen LogP) is 3.13. The Balaban J connectivity index is 1.62. The van der Waals surface area contributed by atoms with E-state index in [2.05, 4.69) is 25.7 Å². The zero-order chi connectivity index (χ0) is 18.9. The van der Waals surface area contributed by atoms with E-state index >= 15 is 0 Å². The van der Waals surface area contributed by atoms with Gasteiger partial charge in [0.15, 0.2) is 5.79 Å². The topological polar surface area (TPSA) is 58.9 Å². The molecule has 0 aromatic rings. The maximum Gasteiger partial charge on any atom is 0.168 e. The third kappa shape index (κ3) is 4.17. The van der Waals surface area contributed by atoms with Crippen molar-refractivity contribution in [2.45, 2.75) is 71.4 Å². The van der Waals surface area contributed by atoms with Crippen LogP contribution in [0.4, 0.5) is 0 Å². The third-order valence-electron chi connectivity index (χ3n) is 6.37.